The third kappa shape index (κ3) is 1.73. The fourth-order valence-electron chi connectivity index (χ4n) is 1.07. The van der Waals surface area contributed by atoms with Crippen LogP contribution in [0.4, 0.5) is 11.5 Å². The largest absolute Gasteiger partial charge is 0.338 e. The summed E-state index contributed by atoms with van der Waals surface area (Å²) < 4.78 is 0. The first-order valence-electron chi connectivity index (χ1n) is 4.06. The van der Waals surface area contributed by atoms with Gasteiger partial charge in [0.05, 0.1) is 5.51 Å². The minimum atomic E-state index is 0.605. The summed E-state index contributed by atoms with van der Waals surface area (Å²) in [6.45, 7) is 0. The van der Waals surface area contributed by atoms with E-state index >= 15 is 0 Å². The summed E-state index contributed by atoms with van der Waals surface area (Å²) in [5.74, 6) is 0.628. The number of aromatic nitrogens is 1. The molecule has 0 saturated carbocycles. The Morgan fingerprint density at radius 1 is 1.29 bits per heavy atom. The molecule has 0 aliphatic carbocycles. The molecule has 1 aromatic carbocycles. The molecule has 0 unspecified atom stereocenters. The maximum absolute atomic E-state index is 8.77. The van der Waals surface area contributed by atoms with E-state index in [9.17, 15) is 0 Å². The Morgan fingerprint density at radius 3 is 2.79 bits per heavy atom. The molecule has 0 spiro atoms. The predicted octanol–water partition coefficient (Wildman–Crippen LogP) is 2.76. The highest BCUT2D eigenvalue weighted by molar-refractivity contribution is 7.10. The Balaban J connectivity index is 2.24. The van der Waals surface area contributed by atoms with Crippen LogP contribution in [-0.4, -0.2) is 4.98 Å². The molecule has 1 N–H and O–H groups in total. The average molecular weight is 201 g/mol. The lowest BCUT2D eigenvalue weighted by Gasteiger charge is -2.01. The van der Waals surface area contributed by atoms with Gasteiger partial charge in [0.1, 0.15) is 10.9 Å². The third-order valence-electron chi connectivity index (χ3n) is 1.71. The van der Waals surface area contributed by atoms with E-state index in [1.807, 2.05) is 30.3 Å². The van der Waals surface area contributed by atoms with Crippen LogP contribution in [0, 0.1) is 11.3 Å². The zero-order valence-electron chi connectivity index (χ0n) is 7.27. The van der Waals surface area contributed by atoms with Gasteiger partial charge in [0.2, 0.25) is 0 Å². The fourth-order valence-corrected chi connectivity index (χ4v) is 1.60. The van der Waals surface area contributed by atoms with Crippen LogP contribution in [0.15, 0.2) is 35.8 Å². The highest BCUT2D eigenvalue weighted by Gasteiger charge is 2.04. The van der Waals surface area contributed by atoms with Crippen LogP contribution in [0.25, 0.3) is 0 Å². The molecule has 0 fully saturated rings. The van der Waals surface area contributed by atoms with Gasteiger partial charge in [-0.2, -0.15) is 5.26 Å². The van der Waals surface area contributed by atoms with Crippen LogP contribution < -0.4 is 5.32 Å². The molecule has 4 heteroatoms. The molecular weight excluding hydrogens is 194 g/mol. The molecule has 1 heterocycles. The SMILES string of the molecule is N#Cc1scnc1Nc1ccccc1. The number of rotatable bonds is 2. The number of anilines is 2. The lowest BCUT2D eigenvalue weighted by molar-refractivity contribution is 1.37. The van der Waals surface area contributed by atoms with E-state index in [-0.39, 0.29) is 0 Å². The highest BCUT2D eigenvalue weighted by Crippen LogP contribution is 2.21. The van der Waals surface area contributed by atoms with Gasteiger partial charge in [-0.1, -0.05) is 18.2 Å². The van der Waals surface area contributed by atoms with Crippen molar-refractivity contribution in [3.8, 4) is 6.07 Å². The number of nitrogens with one attached hydrogen (secondary N) is 1. The number of nitriles is 1. The Bertz CT molecular complexity index is 456. The van der Waals surface area contributed by atoms with E-state index in [4.69, 9.17) is 5.26 Å². The summed E-state index contributed by atoms with van der Waals surface area (Å²) in [6.07, 6.45) is 0. The van der Waals surface area contributed by atoms with E-state index < -0.39 is 0 Å². The Morgan fingerprint density at radius 2 is 2.07 bits per heavy atom. The van der Waals surface area contributed by atoms with Crippen molar-refractivity contribution in [1.29, 1.82) is 5.26 Å². The van der Waals surface area contributed by atoms with Gasteiger partial charge < -0.3 is 5.32 Å². The standard InChI is InChI=1S/C10H7N3S/c11-6-9-10(12-7-14-9)13-8-4-2-1-3-5-8/h1-5,7,13H. The normalized spacial score (nSPS) is 9.36. The van der Waals surface area contributed by atoms with Crippen LogP contribution in [0.3, 0.4) is 0 Å². The van der Waals surface area contributed by atoms with Gasteiger partial charge in [0, 0.05) is 5.69 Å². The maximum atomic E-state index is 8.77. The lowest BCUT2D eigenvalue weighted by atomic mass is 10.3. The van der Waals surface area contributed by atoms with Crippen molar-refractivity contribution in [2.45, 2.75) is 0 Å². The van der Waals surface area contributed by atoms with Gasteiger partial charge in [-0.05, 0) is 12.1 Å². The van der Waals surface area contributed by atoms with E-state index in [2.05, 4.69) is 16.4 Å². The first kappa shape index (κ1) is 8.73. The molecule has 68 valence electrons. The monoisotopic (exact) mass is 201 g/mol. The molecule has 0 aliphatic heterocycles. The number of nitrogens with zero attached hydrogens (tertiary/aromatic N) is 2. The van der Waals surface area contributed by atoms with Crippen LogP contribution in [-0.2, 0) is 0 Å². The van der Waals surface area contributed by atoms with E-state index in [0.717, 1.165) is 5.69 Å². The van der Waals surface area contributed by atoms with Crippen LogP contribution in [0.5, 0.6) is 0 Å². The lowest BCUT2D eigenvalue weighted by Crippen LogP contribution is -1.91. The van der Waals surface area contributed by atoms with Crippen molar-refractivity contribution >= 4 is 22.8 Å². The minimum Gasteiger partial charge on any atom is -0.338 e. The van der Waals surface area contributed by atoms with E-state index in [1.54, 1.807) is 5.51 Å². The van der Waals surface area contributed by atoms with Gasteiger partial charge in [-0.25, -0.2) is 4.98 Å². The van der Waals surface area contributed by atoms with Crippen molar-refractivity contribution in [2.75, 3.05) is 5.32 Å². The van der Waals surface area contributed by atoms with Crippen molar-refractivity contribution in [1.82, 2.24) is 4.98 Å². The number of thiazole rings is 1. The molecule has 0 radical (unpaired) electrons. The molecule has 0 saturated heterocycles. The molecule has 14 heavy (non-hydrogen) atoms. The summed E-state index contributed by atoms with van der Waals surface area (Å²) in [6, 6.07) is 11.8. The zero-order chi connectivity index (χ0) is 9.80. The summed E-state index contributed by atoms with van der Waals surface area (Å²) in [7, 11) is 0. The summed E-state index contributed by atoms with van der Waals surface area (Å²) in [5.41, 5.74) is 2.60. The number of benzene rings is 1. The minimum absolute atomic E-state index is 0.605. The fraction of sp³-hybridized carbons (Fsp3) is 0. The quantitative estimate of drug-likeness (QED) is 0.812. The molecule has 0 amide bonds. The van der Waals surface area contributed by atoms with E-state index in [0.29, 0.717) is 10.7 Å². The topological polar surface area (TPSA) is 48.7 Å². The van der Waals surface area contributed by atoms with Gasteiger partial charge in [-0.15, -0.1) is 11.3 Å². The van der Waals surface area contributed by atoms with Crippen molar-refractivity contribution in [2.24, 2.45) is 0 Å². The molecule has 0 bridgehead atoms. The Labute approximate surface area is 85.7 Å². The number of hydrogen-bond acceptors (Lipinski definition) is 4. The first-order valence-corrected chi connectivity index (χ1v) is 4.94. The maximum Gasteiger partial charge on any atom is 0.159 e. The van der Waals surface area contributed by atoms with Crippen molar-refractivity contribution in [3.05, 3.63) is 40.7 Å². The van der Waals surface area contributed by atoms with Crippen molar-refractivity contribution in [3.63, 3.8) is 0 Å². The first-order chi connectivity index (χ1) is 6.90. The second-order valence-corrected chi connectivity index (χ2v) is 3.49. The predicted molar refractivity (Wildman–Crippen MR) is 56.6 cm³/mol. The van der Waals surface area contributed by atoms with Crippen LogP contribution in [0.2, 0.25) is 0 Å². The van der Waals surface area contributed by atoms with Gasteiger partial charge in [-0.3, -0.25) is 0 Å². The van der Waals surface area contributed by atoms with Crippen LogP contribution in [0.1, 0.15) is 4.88 Å². The molecule has 0 aliphatic rings. The van der Waals surface area contributed by atoms with E-state index in [1.165, 1.54) is 11.3 Å². The summed E-state index contributed by atoms with van der Waals surface area (Å²) >= 11 is 1.33. The zero-order valence-corrected chi connectivity index (χ0v) is 8.08. The molecule has 2 aromatic rings. The van der Waals surface area contributed by atoms with Gasteiger partial charge >= 0.3 is 0 Å². The van der Waals surface area contributed by atoms with Gasteiger partial charge in [0.25, 0.3) is 0 Å². The Hall–Kier alpha value is -1.86. The molecule has 0 atom stereocenters. The summed E-state index contributed by atoms with van der Waals surface area (Å²) in [5, 5.41) is 11.8. The average Bonchev–Trinajstić information content (AvgIpc) is 2.67. The van der Waals surface area contributed by atoms with Crippen LogP contribution >= 0.6 is 11.3 Å². The molecule has 2 rings (SSSR count). The molecule has 1 aromatic heterocycles. The smallest absolute Gasteiger partial charge is 0.159 e. The number of para-hydroxylation sites is 1. The molecular formula is C10H7N3S. The molecule has 3 nitrogen and oxygen atoms in total. The second-order valence-electron chi connectivity index (χ2n) is 2.63. The second kappa shape index (κ2) is 3.90. The highest BCUT2D eigenvalue weighted by atomic mass is 32.1. The third-order valence-corrected chi connectivity index (χ3v) is 2.44. The van der Waals surface area contributed by atoms with Gasteiger partial charge in [0.15, 0.2) is 5.82 Å². The Kier molecular flexibility index (Phi) is 2.43. The summed E-state index contributed by atoms with van der Waals surface area (Å²) in [4.78, 5) is 4.67. The number of hydrogen-bond donors (Lipinski definition) is 1. The van der Waals surface area contributed by atoms with Crippen molar-refractivity contribution < 1.29 is 0 Å².